The van der Waals surface area contributed by atoms with Crippen molar-refractivity contribution in [3.8, 4) is 0 Å². The third kappa shape index (κ3) is 2.75. The number of carbonyl (C=O) groups is 1. The van der Waals surface area contributed by atoms with Crippen molar-refractivity contribution < 1.29 is 9.72 Å². The minimum atomic E-state index is -0.470. The molecule has 1 aromatic heterocycles. The van der Waals surface area contributed by atoms with E-state index in [0.717, 1.165) is 5.56 Å². The van der Waals surface area contributed by atoms with Gasteiger partial charge in [0.15, 0.2) is 5.78 Å². The quantitative estimate of drug-likeness (QED) is 0.487. The van der Waals surface area contributed by atoms with E-state index in [-0.39, 0.29) is 17.9 Å². The second-order valence-electron chi connectivity index (χ2n) is 3.62. The Morgan fingerprint density at radius 1 is 1.28 bits per heavy atom. The van der Waals surface area contributed by atoms with E-state index >= 15 is 0 Å². The zero-order valence-electron chi connectivity index (χ0n) is 9.13. The van der Waals surface area contributed by atoms with E-state index in [1.165, 1.54) is 23.5 Å². The molecule has 0 unspecified atom stereocenters. The number of thiophene rings is 1. The standard InChI is InChI=1S/C12H8ClNO3S/c13-10-5-6-18-12(10)11(15)7-8-1-3-9(4-2-8)14(16)17/h1-6H,7H2. The highest BCUT2D eigenvalue weighted by Crippen LogP contribution is 2.24. The van der Waals surface area contributed by atoms with Gasteiger partial charge in [0.1, 0.15) is 0 Å². The van der Waals surface area contributed by atoms with Crippen LogP contribution in [-0.2, 0) is 6.42 Å². The summed E-state index contributed by atoms with van der Waals surface area (Å²) < 4.78 is 0. The van der Waals surface area contributed by atoms with Gasteiger partial charge in [0.25, 0.3) is 5.69 Å². The number of halogens is 1. The fraction of sp³-hybridized carbons (Fsp3) is 0.0833. The van der Waals surface area contributed by atoms with E-state index in [4.69, 9.17) is 11.6 Å². The summed E-state index contributed by atoms with van der Waals surface area (Å²) in [5, 5.41) is 12.7. The Morgan fingerprint density at radius 3 is 2.44 bits per heavy atom. The Bertz CT molecular complexity index is 592. The first-order valence-corrected chi connectivity index (χ1v) is 6.33. The maximum absolute atomic E-state index is 11.9. The van der Waals surface area contributed by atoms with E-state index in [0.29, 0.717) is 9.90 Å². The molecule has 0 saturated heterocycles. The molecule has 0 fully saturated rings. The fourth-order valence-electron chi connectivity index (χ4n) is 1.49. The van der Waals surface area contributed by atoms with Crippen molar-refractivity contribution in [2.45, 2.75) is 6.42 Å². The normalized spacial score (nSPS) is 10.3. The minimum absolute atomic E-state index is 0.0142. The summed E-state index contributed by atoms with van der Waals surface area (Å²) >= 11 is 7.16. The largest absolute Gasteiger partial charge is 0.293 e. The van der Waals surface area contributed by atoms with E-state index < -0.39 is 4.92 Å². The van der Waals surface area contributed by atoms with Gasteiger partial charge in [-0.25, -0.2) is 0 Å². The molecule has 6 heteroatoms. The number of non-ortho nitro benzene ring substituents is 1. The fourth-order valence-corrected chi connectivity index (χ4v) is 2.60. The van der Waals surface area contributed by atoms with E-state index in [9.17, 15) is 14.9 Å². The van der Waals surface area contributed by atoms with Crippen molar-refractivity contribution in [2.75, 3.05) is 0 Å². The Kier molecular flexibility index (Phi) is 3.74. The molecule has 18 heavy (non-hydrogen) atoms. The number of nitro benzene ring substituents is 1. The van der Waals surface area contributed by atoms with Crippen LogP contribution in [0.4, 0.5) is 5.69 Å². The van der Waals surface area contributed by atoms with Crippen LogP contribution in [0.25, 0.3) is 0 Å². The molecule has 0 amide bonds. The van der Waals surface area contributed by atoms with Crippen molar-refractivity contribution in [1.82, 2.24) is 0 Å². The van der Waals surface area contributed by atoms with Gasteiger partial charge in [0.2, 0.25) is 0 Å². The summed E-state index contributed by atoms with van der Waals surface area (Å²) in [6.07, 6.45) is 0.193. The Labute approximate surface area is 112 Å². The Morgan fingerprint density at radius 2 is 1.94 bits per heavy atom. The molecule has 2 rings (SSSR count). The lowest BCUT2D eigenvalue weighted by Gasteiger charge is -2.00. The SMILES string of the molecule is O=C(Cc1ccc([N+](=O)[O-])cc1)c1sccc1Cl. The van der Waals surface area contributed by atoms with Crippen LogP contribution in [0.1, 0.15) is 15.2 Å². The van der Waals surface area contributed by atoms with Gasteiger partial charge < -0.3 is 0 Å². The molecule has 0 aliphatic carbocycles. The van der Waals surface area contributed by atoms with Gasteiger partial charge in [0, 0.05) is 18.6 Å². The van der Waals surface area contributed by atoms with Gasteiger partial charge in [-0.3, -0.25) is 14.9 Å². The van der Waals surface area contributed by atoms with Gasteiger partial charge in [-0.05, 0) is 17.0 Å². The van der Waals surface area contributed by atoms with Crippen LogP contribution < -0.4 is 0 Å². The Hall–Kier alpha value is -1.72. The first kappa shape index (κ1) is 12.7. The van der Waals surface area contributed by atoms with Gasteiger partial charge in [-0.1, -0.05) is 23.7 Å². The molecule has 0 radical (unpaired) electrons. The predicted molar refractivity (Wildman–Crippen MR) is 70.5 cm³/mol. The lowest BCUT2D eigenvalue weighted by Crippen LogP contribution is -2.01. The number of nitrogens with zero attached hydrogens (tertiary/aromatic N) is 1. The number of rotatable bonds is 4. The third-order valence-corrected chi connectivity index (χ3v) is 3.76. The van der Waals surface area contributed by atoms with Crippen LogP contribution >= 0.6 is 22.9 Å². The number of hydrogen-bond acceptors (Lipinski definition) is 4. The van der Waals surface area contributed by atoms with Gasteiger partial charge >= 0.3 is 0 Å². The van der Waals surface area contributed by atoms with Crippen molar-refractivity contribution >= 4 is 34.4 Å². The molecule has 0 saturated carbocycles. The first-order chi connectivity index (χ1) is 8.58. The molecular formula is C12H8ClNO3S. The highest BCUT2D eigenvalue weighted by molar-refractivity contribution is 7.12. The molecule has 2 aromatic rings. The zero-order valence-corrected chi connectivity index (χ0v) is 10.7. The molecule has 0 N–H and O–H groups in total. The molecule has 4 nitrogen and oxygen atoms in total. The highest BCUT2D eigenvalue weighted by Gasteiger charge is 2.13. The number of nitro groups is 1. The summed E-state index contributed by atoms with van der Waals surface area (Å²) in [6.45, 7) is 0. The van der Waals surface area contributed by atoms with Crippen LogP contribution in [-0.4, -0.2) is 10.7 Å². The van der Waals surface area contributed by atoms with E-state index in [1.807, 2.05) is 0 Å². The van der Waals surface area contributed by atoms with Crippen LogP contribution in [0.2, 0.25) is 5.02 Å². The van der Waals surface area contributed by atoms with Crippen LogP contribution in [0.3, 0.4) is 0 Å². The van der Waals surface area contributed by atoms with Crippen molar-refractivity contribution in [2.24, 2.45) is 0 Å². The summed E-state index contributed by atoms with van der Waals surface area (Å²) in [5.41, 5.74) is 0.746. The maximum atomic E-state index is 11.9. The van der Waals surface area contributed by atoms with Gasteiger partial charge in [-0.2, -0.15) is 0 Å². The summed E-state index contributed by atoms with van der Waals surface area (Å²) in [6, 6.07) is 7.61. The summed E-state index contributed by atoms with van der Waals surface area (Å²) in [5.74, 6) is -0.0798. The lowest BCUT2D eigenvalue weighted by molar-refractivity contribution is -0.384. The first-order valence-electron chi connectivity index (χ1n) is 5.07. The molecule has 0 spiro atoms. The summed E-state index contributed by atoms with van der Waals surface area (Å²) in [7, 11) is 0. The van der Waals surface area contributed by atoms with Crippen LogP contribution in [0.15, 0.2) is 35.7 Å². The zero-order chi connectivity index (χ0) is 13.1. The molecule has 1 aromatic carbocycles. The smallest absolute Gasteiger partial charge is 0.269 e. The monoisotopic (exact) mass is 281 g/mol. The third-order valence-electron chi connectivity index (χ3n) is 2.38. The second kappa shape index (κ2) is 5.29. The highest BCUT2D eigenvalue weighted by atomic mass is 35.5. The number of hydrogen-bond donors (Lipinski definition) is 0. The average Bonchev–Trinajstić information content (AvgIpc) is 2.76. The van der Waals surface area contributed by atoms with Gasteiger partial charge in [-0.15, -0.1) is 11.3 Å². The minimum Gasteiger partial charge on any atom is -0.293 e. The molecule has 0 bridgehead atoms. The number of ketones is 1. The molecule has 0 aliphatic heterocycles. The molecule has 92 valence electrons. The number of carbonyl (C=O) groups excluding carboxylic acids is 1. The topological polar surface area (TPSA) is 60.2 Å². The molecular weight excluding hydrogens is 274 g/mol. The Balaban J connectivity index is 2.13. The second-order valence-corrected chi connectivity index (χ2v) is 4.94. The van der Waals surface area contributed by atoms with Crippen molar-refractivity contribution in [1.29, 1.82) is 0 Å². The van der Waals surface area contributed by atoms with Crippen LogP contribution in [0.5, 0.6) is 0 Å². The van der Waals surface area contributed by atoms with Crippen molar-refractivity contribution in [3.05, 3.63) is 61.3 Å². The average molecular weight is 282 g/mol. The van der Waals surface area contributed by atoms with E-state index in [2.05, 4.69) is 0 Å². The predicted octanol–water partition coefficient (Wildman–Crippen LogP) is 3.74. The maximum Gasteiger partial charge on any atom is 0.269 e. The van der Waals surface area contributed by atoms with Crippen molar-refractivity contribution in [3.63, 3.8) is 0 Å². The number of benzene rings is 1. The van der Waals surface area contributed by atoms with E-state index in [1.54, 1.807) is 23.6 Å². The summed E-state index contributed by atoms with van der Waals surface area (Å²) in [4.78, 5) is 22.4. The molecule has 1 heterocycles. The van der Waals surface area contributed by atoms with Gasteiger partial charge in [0.05, 0.1) is 14.8 Å². The molecule has 0 atom stereocenters. The number of Topliss-reactive ketones (excluding diaryl/α,β-unsaturated/α-hetero) is 1. The lowest BCUT2D eigenvalue weighted by atomic mass is 10.1. The molecule has 0 aliphatic rings. The van der Waals surface area contributed by atoms with Crippen LogP contribution in [0, 0.1) is 10.1 Å².